The second kappa shape index (κ2) is 8.30. The summed E-state index contributed by atoms with van der Waals surface area (Å²) >= 11 is 0. The highest BCUT2D eigenvalue weighted by Gasteiger charge is 2.07. The summed E-state index contributed by atoms with van der Waals surface area (Å²) in [6, 6.07) is 3.49. The maximum atomic E-state index is 10.7. The van der Waals surface area contributed by atoms with E-state index in [0.29, 0.717) is 24.3 Å². The zero-order valence-corrected chi connectivity index (χ0v) is 10.1. The lowest BCUT2D eigenvalue weighted by Crippen LogP contribution is -2.17. The van der Waals surface area contributed by atoms with Crippen molar-refractivity contribution in [3.63, 3.8) is 0 Å². The van der Waals surface area contributed by atoms with Crippen molar-refractivity contribution < 1.29 is 19.6 Å². The lowest BCUT2D eigenvalue weighted by atomic mass is 10.1. The van der Waals surface area contributed by atoms with E-state index in [1.807, 2.05) is 0 Å². The molecule has 0 bridgehead atoms. The van der Waals surface area contributed by atoms with Crippen LogP contribution in [-0.2, 0) is 4.79 Å². The second-order valence-corrected chi connectivity index (χ2v) is 3.97. The van der Waals surface area contributed by atoms with Crippen LogP contribution in [0.25, 0.3) is 0 Å². The Morgan fingerprint density at radius 2 is 2.00 bits per heavy atom. The first-order valence-corrected chi connectivity index (χ1v) is 5.95. The summed E-state index contributed by atoms with van der Waals surface area (Å²) in [6.07, 6.45) is 5.92. The highest BCUT2D eigenvalue weighted by molar-refractivity contribution is 5.97. The third-order valence-corrected chi connectivity index (χ3v) is 2.62. The molecule has 6 nitrogen and oxygen atoms in total. The fraction of sp³-hybridized carbons (Fsp3) is 0.500. The molecule has 6 heteroatoms. The Labute approximate surface area is 105 Å². The van der Waals surface area contributed by atoms with Gasteiger partial charge in [-0.15, -0.1) is 0 Å². The van der Waals surface area contributed by atoms with E-state index in [1.165, 1.54) is 6.26 Å². The average Bonchev–Trinajstić information content (AvgIpc) is 2.91. The number of rotatable bonds is 8. The Balaban J connectivity index is 2.12. The molecule has 0 saturated carbocycles. The Morgan fingerprint density at radius 3 is 2.56 bits per heavy atom. The van der Waals surface area contributed by atoms with E-state index in [2.05, 4.69) is 5.16 Å². The van der Waals surface area contributed by atoms with Gasteiger partial charge < -0.3 is 9.62 Å². The van der Waals surface area contributed by atoms with Gasteiger partial charge in [-0.25, -0.2) is 5.48 Å². The van der Waals surface area contributed by atoms with E-state index in [0.717, 1.165) is 25.7 Å². The minimum Gasteiger partial charge on any atom is -0.463 e. The maximum Gasteiger partial charge on any atom is 0.243 e. The smallest absolute Gasteiger partial charge is 0.243 e. The molecule has 1 aromatic rings. The van der Waals surface area contributed by atoms with Crippen molar-refractivity contribution in [2.75, 3.05) is 0 Å². The van der Waals surface area contributed by atoms with Gasteiger partial charge in [-0.05, 0) is 31.4 Å². The summed E-state index contributed by atoms with van der Waals surface area (Å²) in [4.78, 5) is 10.7. The zero-order chi connectivity index (χ0) is 13.2. The van der Waals surface area contributed by atoms with E-state index >= 15 is 0 Å². The number of amides is 1. The normalized spacial score (nSPS) is 11.5. The molecule has 18 heavy (non-hydrogen) atoms. The van der Waals surface area contributed by atoms with Gasteiger partial charge in [0.2, 0.25) is 5.91 Å². The van der Waals surface area contributed by atoms with Crippen LogP contribution in [-0.4, -0.2) is 22.0 Å². The molecule has 0 aliphatic carbocycles. The topological polar surface area (TPSA) is 95.1 Å². The van der Waals surface area contributed by atoms with Crippen LogP contribution in [0.2, 0.25) is 0 Å². The fourth-order valence-electron chi connectivity index (χ4n) is 1.65. The van der Waals surface area contributed by atoms with E-state index in [-0.39, 0.29) is 5.91 Å². The number of furan rings is 1. The third-order valence-electron chi connectivity index (χ3n) is 2.62. The van der Waals surface area contributed by atoms with Crippen molar-refractivity contribution in [3.8, 4) is 0 Å². The molecule has 0 aliphatic heterocycles. The molecule has 0 spiro atoms. The van der Waals surface area contributed by atoms with Crippen LogP contribution < -0.4 is 5.48 Å². The first-order valence-electron chi connectivity index (χ1n) is 5.95. The van der Waals surface area contributed by atoms with E-state index in [1.54, 1.807) is 17.6 Å². The molecule has 0 unspecified atom stereocenters. The Bertz CT molecular complexity index is 373. The standard InChI is InChI=1S/C12H18N2O4/c15-12(14-17)8-4-2-1-3-6-10(13-16)11-7-5-9-18-11/h5,7,9,16-17H,1-4,6,8H2,(H,14,15)/b13-10-. The summed E-state index contributed by atoms with van der Waals surface area (Å²) in [5, 5.41) is 20.4. The summed E-state index contributed by atoms with van der Waals surface area (Å²) in [7, 11) is 0. The van der Waals surface area contributed by atoms with E-state index in [9.17, 15) is 4.79 Å². The summed E-state index contributed by atoms with van der Waals surface area (Å²) in [5.74, 6) is 0.223. The number of hydrogen-bond acceptors (Lipinski definition) is 5. The molecular formula is C12H18N2O4. The minimum absolute atomic E-state index is 0.329. The number of oxime groups is 1. The minimum atomic E-state index is -0.358. The van der Waals surface area contributed by atoms with Crippen LogP contribution >= 0.6 is 0 Å². The predicted octanol–water partition coefficient (Wildman–Crippen LogP) is 2.30. The summed E-state index contributed by atoms with van der Waals surface area (Å²) in [5.41, 5.74) is 2.13. The maximum absolute atomic E-state index is 10.7. The van der Waals surface area contributed by atoms with Gasteiger partial charge in [-0.1, -0.05) is 18.0 Å². The van der Waals surface area contributed by atoms with Gasteiger partial charge in [0.25, 0.3) is 0 Å². The Morgan fingerprint density at radius 1 is 1.28 bits per heavy atom. The van der Waals surface area contributed by atoms with Gasteiger partial charge in [0.15, 0.2) is 5.76 Å². The summed E-state index contributed by atoms with van der Waals surface area (Å²) in [6.45, 7) is 0. The van der Waals surface area contributed by atoms with Gasteiger partial charge in [0, 0.05) is 6.42 Å². The Hall–Kier alpha value is -1.82. The van der Waals surface area contributed by atoms with Gasteiger partial charge >= 0.3 is 0 Å². The molecule has 0 aromatic carbocycles. The van der Waals surface area contributed by atoms with Crippen LogP contribution in [0.1, 0.15) is 44.3 Å². The number of hydrogen-bond donors (Lipinski definition) is 3. The quantitative estimate of drug-likeness (QED) is 0.218. The summed E-state index contributed by atoms with van der Waals surface area (Å²) < 4.78 is 5.14. The molecule has 100 valence electrons. The van der Waals surface area contributed by atoms with Crippen LogP contribution in [0.5, 0.6) is 0 Å². The lowest BCUT2D eigenvalue weighted by molar-refractivity contribution is -0.129. The van der Waals surface area contributed by atoms with Crippen molar-refractivity contribution >= 4 is 11.6 Å². The molecule has 1 aromatic heterocycles. The van der Waals surface area contributed by atoms with Gasteiger partial charge in [0.05, 0.1) is 6.26 Å². The number of nitrogens with zero attached hydrogens (tertiary/aromatic N) is 1. The second-order valence-electron chi connectivity index (χ2n) is 3.97. The molecule has 1 heterocycles. The largest absolute Gasteiger partial charge is 0.463 e. The molecule has 1 amide bonds. The van der Waals surface area contributed by atoms with Crippen molar-refractivity contribution in [1.29, 1.82) is 0 Å². The van der Waals surface area contributed by atoms with Gasteiger partial charge in [-0.3, -0.25) is 10.0 Å². The van der Waals surface area contributed by atoms with Crippen molar-refractivity contribution in [2.45, 2.75) is 38.5 Å². The molecule has 0 saturated heterocycles. The van der Waals surface area contributed by atoms with Crippen LogP contribution in [0.4, 0.5) is 0 Å². The zero-order valence-electron chi connectivity index (χ0n) is 10.1. The van der Waals surface area contributed by atoms with Crippen LogP contribution in [0, 0.1) is 0 Å². The molecule has 0 atom stereocenters. The molecule has 3 N–H and O–H groups in total. The number of carbonyl (C=O) groups excluding carboxylic acids is 1. The van der Waals surface area contributed by atoms with Crippen LogP contribution in [0.15, 0.2) is 28.0 Å². The molecule has 0 aliphatic rings. The molecule has 0 radical (unpaired) electrons. The Kier molecular flexibility index (Phi) is 6.56. The van der Waals surface area contributed by atoms with Crippen molar-refractivity contribution in [2.24, 2.45) is 5.16 Å². The number of hydroxylamine groups is 1. The molecule has 0 fully saturated rings. The first kappa shape index (κ1) is 14.2. The van der Waals surface area contributed by atoms with Crippen molar-refractivity contribution in [1.82, 2.24) is 5.48 Å². The van der Waals surface area contributed by atoms with Gasteiger partial charge in [0.1, 0.15) is 5.71 Å². The highest BCUT2D eigenvalue weighted by Crippen LogP contribution is 2.11. The average molecular weight is 254 g/mol. The molecular weight excluding hydrogens is 236 g/mol. The third kappa shape index (κ3) is 5.01. The SMILES string of the molecule is O=C(CCCCCC/C(=N/O)c1ccco1)NO. The fourth-order valence-corrected chi connectivity index (χ4v) is 1.65. The first-order chi connectivity index (χ1) is 8.77. The van der Waals surface area contributed by atoms with E-state index in [4.69, 9.17) is 14.8 Å². The van der Waals surface area contributed by atoms with E-state index < -0.39 is 0 Å². The highest BCUT2D eigenvalue weighted by atomic mass is 16.5. The van der Waals surface area contributed by atoms with Gasteiger partial charge in [-0.2, -0.15) is 0 Å². The van der Waals surface area contributed by atoms with Crippen LogP contribution in [0.3, 0.4) is 0 Å². The monoisotopic (exact) mass is 254 g/mol. The molecule has 1 rings (SSSR count). The lowest BCUT2D eigenvalue weighted by Gasteiger charge is -2.02. The van der Waals surface area contributed by atoms with Crippen molar-refractivity contribution in [3.05, 3.63) is 24.2 Å². The predicted molar refractivity (Wildman–Crippen MR) is 64.7 cm³/mol. The number of carbonyl (C=O) groups is 1. The number of unbranched alkanes of at least 4 members (excludes halogenated alkanes) is 3. The number of nitrogens with one attached hydrogen (secondary N) is 1.